The summed E-state index contributed by atoms with van der Waals surface area (Å²) < 4.78 is 5.30. The molecule has 3 rings (SSSR count). The van der Waals surface area contributed by atoms with Crippen LogP contribution in [0.1, 0.15) is 19.3 Å². The Morgan fingerprint density at radius 3 is 2.62 bits per heavy atom. The Bertz CT molecular complexity index is 561. The Morgan fingerprint density at radius 1 is 1.12 bits per heavy atom. The average Bonchev–Trinajstić information content (AvgIpc) is 3.12. The molecule has 2 heterocycles. The van der Waals surface area contributed by atoms with E-state index >= 15 is 0 Å². The smallest absolute Gasteiger partial charge is 0.245 e. The summed E-state index contributed by atoms with van der Waals surface area (Å²) >= 11 is 1.69. The summed E-state index contributed by atoms with van der Waals surface area (Å²) in [5, 5.41) is 0. The van der Waals surface area contributed by atoms with E-state index in [9.17, 15) is 9.59 Å². The molecule has 2 aliphatic rings. The van der Waals surface area contributed by atoms with Crippen molar-refractivity contribution in [3.63, 3.8) is 0 Å². The highest BCUT2D eigenvalue weighted by molar-refractivity contribution is 7.99. The van der Waals surface area contributed by atoms with Crippen LogP contribution in [0, 0.1) is 0 Å². The van der Waals surface area contributed by atoms with Gasteiger partial charge in [0.2, 0.25) is 11.8 Å². The lowest BCUT2D eigenvalue weighted by Gasteiger charge is -2.32. The molecule has 0 radical (unpaired) electrons. The van der Waals surface area contributed by atoms with Crippen LogP contribution in [0.25, 0.3) is 0 Å². The molecule has 2 fully saturated rings. The lowest BCUT2D eigenvalue weighted by Crippen LogP contribution is -2.51. The third-order valence-corrected chi connectivity index (χ3v) is 5.52. The molecule has 0 bridgehead atoms. The normalized spacial score (nSPS) is 21.1. The maximum absolute atomic E-state index is 12.7. The van der Waals surface area contributed by atoms with Crippen molar-refractivity contribution in [3.05, 3.63) is 30.3 Å². The molecule has 0 saturated carbocycles. The van der Waals surface area contributed by atoms with Crippen LogP contribution >= 0.6 is 11.8 Å². The second kappa shape index (κ2) is 8.53. The first kappa shape index (κ1) is 17.3. The van der Waals surface area contributed by atoms with Gasteiger partial charge in [0.25, 0.3) is 0 Å². The average molecular weight is 348 g/mol. The molecule has 2 amide bonds. The summed E-state index contributed by atoms with van der Waals surface area (Å²) in [7, 11) is 0. The van der Waals surface area contributed by atoms with Crippen molar-refractivity contribution in [1.82, 2.24) is 9.80 Å². The van der Waals surface area contributed by atoms with E-state index in [4.69, 9.17) is 4.74 Å². The fourth-order valence-electron chi connectivity index (χ4n) is 3.23. The predicted octanol–water partition coefficient (Wildman–Crippen LogP) is 2.02. The van der Waals surface area contributed by atoms with Crippen LogP contribution in [-0.2, 0) is 14.3 Å². The summed E-state index contributed by atoms with van der Waals surface area (Å²) in [5.41, 5.74) is 0. The van der Waals surface area contributed by atoms with Crippen molar-refractivity contribution in [2.24, 2.45) is 0 Å². The van der Waals surface area contributed by atoms with Gasteiger partial charge in [-0.1, -0.05) is 18.2 Å². The first-order valence-electron chi connectivity index (χ1n) is 8.59. The van der Waals surface area contributed by atoms with Crippen molar-refractivity contribution < 1.29 is 14.3 Å². The maximum atomic E-state index is 12.7. The molecule has 130 valence electrons. The van der Waals surface area contributed by atoms with Gasteiger partial charge in [-0.05, 0) is 25.0 Å². The third-order valence-electron chi connectivity index (χ3n) is 4.51. The van der Waals surface area contributed by atoms with E-state index in [2.05, 4.69) is 12.1 Å². The van der Waals surface area contributed by atoms with Gasteiger partial charge in [0.05, 0.1) is 13.2 Å². The summed E-state index contributed by atoms with van der Waals surface area (Å²) in [6.07, 6.45) is 2.18. The summed E-state index contributed by atoms with van der Waals surface area (Å²) in [6.45, 7) is 3.18. The lowest BCUT2D eigenvalue weighted by molar-refractivity contribution is -0.146. The molecule has 1 aromatic rings. The van der Waals surface area contributed by atoms with Crippen LogP contribution in [0.5, 0.6) is 0 Å². The van der Waals surface area contributed by atoms with E-state index in [1.165, 1.54) is 4.90 Å². The Balaban J connectivity index is 1.50. The van der Waals surface area contributed by atoms with Gasteiger partial charge < -0.3 is 14.5 Å². The molecule has 0 aliphatic carbocycles. The highest BCUT2D eigenvalue weighted by Crippen LogP contribution is 2.23. The van der Waals surface area contributed by atoms with Gasteiger partial charge in [0.1, 0.15) is 6.04 Å². The zero-order valence-electron chi connectivity index (χ0n) is 13.9. The number of hydrogen-bond acceptors (Lipinski definition) is 4. The van der Waals surface area contributed by atoms with Crippen molar-refractivity contribution in [3.8, 4) is 0 Å². The molecule has 24 heavy (non-hydrogen) atoms. The zero-order valence-corrected chi connectivity index (χ0v) is 14.7. The molecule has 1 aromatic carbocycles. The second-order valence-corrected chi connectivity index (χ2v) is 7.26. The predicted molar refractivity (Wildman–Crippen MR) is 93.9 cm³/mol. The van der Waals surface area contributed by atoms with Gasteiger partial charge in [-0.25, -0.2) is 0 Å². The summed E-state index contributed by atoms with van der Waals surface area (Å²) in [4.78, 5) is 30.0. The SMILES string of the molecule is O=C([C@@H]1CCCN1C(=O)CCSc1ccccc1)N1CCOCC1. The number of carbonyl (C=O) groups is 2. The van der Waals surface area contributed by atoms with E-state index < -0.39 is 0 Å². The number of hydrogen-bond donors (Lipinski definition) is 0. The molecule has 5 nitrogen and oxygen atoms in total. The largest absolute Gasteiger partial charge is 0.378 e. The second-order valence-electron chi connectivity index (χ2n) is 6.09. The molecule has 0 aromatic heterocycles. The van der Waals surface area contributed by atoms with Crippen molar-refractivity contribution in [2.45, 2.75) is 30.2 Å². The zero-order chi connectivity index (χ0) is 16.8. The topological polar surface area (TPSA) is 49.9 Å². The molecule has 1 atom stereocenters. The maximum Gasteiger partial charge on any atom is 0.245 e. The van der Waals surface area contributed by atoms with Crippen LogP contribution in [0.4, 0.5) is 0 Å². The minimum atomic E-state index is -0.266. The molecule has 2 aliphatic heterocycles. The van der Waals surface area contributed by atoms with Gasteiger partial charge in [-0.2, -0.15) is 0 Å². The molecule has 2 saturated heterocycles. The van der Waals surface area contributed by atoms with Crippen LogP contribution in [0.2, 0.25) is 0 Å². The minimum absolute atomic E-state index is 0.0971. The minimum Gasteiger partial charge on any atom is -0.378 e. The van der Waals surface area contributed by atoms with Crippen LogP contribution in [0.3, 0.4) is 0 Å². The Kier molecular flexibility index (Phi) is 6.15. The molecular formula is C18H24N2O3S. The number of benzene rings is 1. The van der Waals surface area contributed by atoms with Gasteiger partial charge in [0, 0.05) is 36.7 Å². The Hall–Kier alpha value is -1.53. The quantitative estimate of drug-likeness (QED) is 0.764. The van der Waals surface area contributed by atoms with Crippen LogP contribution < -0.4 is 0 Å². The molecule has 0 N–H and O–H groups in total. The molecular weight excluding hydrogens is 324 g/mol. The number of carbonyl (C=O) groups excluding carboxylic acids is 2. The number of amides is 2. The Morgan fingerprint density at radius 2 is 1.88 bits per heavy atom. The highest BCUT2D eigenvalue weighted by Gasteiger charge is 2.36. The number of ether oxygens (including phenoxy) is 1. The summed E-state index contributed by atoms with van der Waals surface area (Å²) in [6, 6.07) is 9.83. The fraction of sp³-hybridized carbons (Fsp3) is 0.556. The number of rotatable bonds is 5. The van der Waals surface area contributed by atoms with Crippen molar-refractivity contribution >= 4 is 23.6 Å². The van der Waals surface area contributed by atoms with Gasteiger partial charge in [-0.15, -0.1) is 11.8 Å². The summed E-state index contributed by atoms with van der Waals surface area (Å²) in [5.74, 6) is 0.944. The van der Waals surface area contributed by atoms with Crippen molar-refractivity contribution in [2.75, 3.05) is 38.6 Å². The number of thioether (sulfide) groups is 1. The lowest BCUT2D eigenvalue weighted by atomic mass is 10.1. The van der Waals surface area contributed by atoms with Crippen LogP contribution in [0.15, 0.2) is 35.2 Å². The van der Waals surface area contributed by atoms with Gasteiger partial charge >= 0.3 is 0 Å². The third kappa shape index (κ3) is 4.30. The monoisotopic (exact) mass is 348 g/mol. The highest BCUT2D eigenvalue weighted by atomic mass is 32.2. The van der Waals surface area contributed by atoms with E-state index in [-0.39, 0.29) is 17.9 Å². The first-order chi connectivity index (χ1) is 11.8. The van der Waals surface area contributed by atoms with E-state index in [1.54, 1.807) is 16.7 Å². The molecule has 0 unspecified atom stereocenters. The van der Waals surface area contributed by atoms with Crippen molar-refractivity contribution in [1.29, 1.82) is 0 Å². The molecule has 0 spiro atoms. The number of morpholine rings is 1. The standard InChI is InChI=1S/C18H24N2O3S/c21-17(8-14-24-15-5-2-1-3-6-15)20-9-4-7-16(20)18(22)19-10-12-23-13-11-19/h1-3,5-6,16H,4,7-14H2/t16-/m0/s1. The van der Waals surface area contributed by atoms with E-state index in [1.807, 2.05) is 23.1 Å². The first-order valence-corrected chi connectivity index (χ1v) is 9.58. The number of likely N-dealkylation sites (tertiary alicyclic amines) is 1. The van der Waals surface area contributed by atoms with E-state index in [0.29, 0.717) is 39.3 Å². The van der Waals surface area contributed by atoms with Gasteiger partial charge in [0.15, 0.2) is 0 Å². The van der Waals surface area contributed by atoms with Gasteiger partial charge in [-0.3, -0.25) is 9.59 Å². The molecule has 6 heteroatoms. The Labute approximate surface area is 147 Å². The van der Waals surface area contributed by atoms with Crippen LogP contribution in [-0.4, -0.2) is 66.3 Å². The van der Waals surface area contributed by atoms with E-state index in [0.717, 1.165) is 18.6 Å². The number of nitrogens with zero attached hydrogens (tertiary/aromatic N) is 2. The fourth-order valence-corrected chi connectivity index (χ4v) is 4.09.